The largest absolute Gasteiger partial charge is 0.492 e. The second-order valence-electron chi connectivity index (χ2n) is 4.80. The number of hydrogen-bond acceptors (Lipinski definition) is 4. The van der Waals surface area contributed by atoms with Gasteiger partial charge in [0.2, 0.25) is 0 Å². The fraction of sp³-hybridized carbons (Fsp3) is 0.500. The lowest BCUT2D eigenvalue weighted by molar-refractivity contribution is -0.152. The average Bonchev–Trinajstić information content (AvgIpc) is 2.37. The van der Waals surface area contributed by atoms with Crippen molar-refractivity contribution in [1.29, 1.82) is 0 Å². The zero-order valence-corrected chi connectivity index (χ0v) is 11.4. The second-order valence-corrected chi connectivity index (χ2v) is 4.80. The average molecular weight is 251 g/mol. The molecule has 0 saturated heterocycles. The highest BCUT2D eigenvalue weighted by molar-refractivity contribution is 5.75. The van der Waals surface area contributed by atoms with Crippen LogP contribution < -0.4 is 10.1 Å². The highest BCUT2D eigenvalue weighted by Gasteiger charge is 2.29. The molecule has 1 N–H and O–H groups in total. The van der Waals surface area contributed by atoms with Crippen molar-refractivity contribution < 1.29 is 14.3 Å². The Morgan fingerprint density at radius 3 is 2.61 bits per heavy atom. The fourth-order valence-corrected chi connectivity index (χ4v) is 1.57. The van der Waals surface area contributed by atoms with Gasteiger partial charge in [-0.3, -0.25) is 4.79 Å². The first-order valence-corrected chi connectivity index (χ1v) is 5.95. The number of hydrogen-bond donors (Lipinski definition) is 1. The number of nitrogens with one attached hydrogen (secondary N) is 1. The first-order chi connectivity index (χ1) is 8.51. The van der Waals surface area contributed by atoms with Crippen LogP contribution in [0.25, 0.3) is 0 Å². The topological polar surface area (TPSA) is 47.6 Å². The number of carbonyl (C=O) groups is 1. The lowest BCUT2D eigenvalue weighted by Gasteiger charge is -2.22. The Morgan fingerprint density at radius 2 is 2.00 bits per heavy atom. The van der Waals surface area contributed by atoms with Crippen LogP contribution in [0.5, 0.6) is 5.75 Å². The third-order valence-corrected chi connectivity index (χ3v) is 2.67. The molecule has 0 atom stereocenters. The predicted octanol–water partition coefficient (Wildman–Crippen LogP) is 1.98. The zero-order chi connectivity index (χ0) is 13.6. The van der Waals surface area contributed by atoms with E-state index in [0.29, 0.717) is 6.61 Å². The Labute approximate surface area is 108 Å². The lowest BCUT2D eigenvalue weighted by atomic mass is 9.95. The SMILES string of the molecule is CNCc1ccccc1OCC(C)(C)C(=O)OC. The van der Waals surface area contributed by atoms with Crippen molar-refractivity contribution in [3.63, 3.8) is 0 Å². The standard InChI is InChI=1S/C14H21NO3/c1-14(2,13(16)17-4)10-18-12-8-6-5-7-11(12)9-15-3/h5-8,15H,9-10H2,1-4H3. The fourth-order valence-electron chi connectivity index (χ4n) is 1.57. The zero-order valence-electron chi connectivity index (χ0n) is 11.4. The maximum absolute atomic E-state index is 11.6. The van der Waals surface area contributed by atoms with Crippen molar-refractivity contribution in [2.24, 2.45) is 5.41 Å². The molecule has 0 aliphatic carbocycles. The number of rotatable bonds is 6. The molecular weight excluding hydrogens is 230 g/mol. The second kappa shape index (κ2) is 6.40. The Kier molecular flexibility index (Phi) is 5.16. The van der Waals surface area contributed by atoms with E-state index < -0.39 is 5.41 Å². The summed E-state index contributed by atoms with van der Waals surface area (Å²) in [6, 6.07) is 7.78. The van der Waals surface area contributed by atoms with Crippen LogP contribution in [0, 0.1) is 5.41 Å². The first kappa shape index (κ1) is 14.5. The van der Waals surface area contributed by atoms with Gasteiger partial charge in [0.15, 0.2) is 0 Å². The van der Waals surface area contributed by atoms with Gasteiger partial charge in [-0.2, -0.15) is 0 Å². The van der Waals surface area contributed by atoms with Gasteiger partial charge in [-0.15, -0.1) is 0 Å². The summed E-state index contributed by atoms with van der Waals surface area (Å²) in [5.74, 6) is 0.525. The summed E-state index contributed by atoms with van der Waals surface area (Å²) >= 11 is 0. The van der Waals surface area contributed by atoms with E-state index in [1.165, 1.54) is 7.11 Å². The van der Waals surface area contributed by atoms with E-state index in [1.54, 1.807) is 13.8 Å². The molecule has 0 saturated carbocycles. The van der Waals surface area contributed by atoms with Crippen LogP contribution in [-0.4, -0.2) is 26.7 Å². The molecule has 100 valence electrons. The summed E-state index contributed by atoms with van der Waals surface area (Å²) in [4.78, 5) is 11.6. The van der Waals surface area contributed by atoms with E-state index in [1.807, 2.05) is 31.3 Å². The quantitative estimate of drug-likeness (QED) is 0.785. The van der Waals surface area contributed by atoms with Crippen molar-refractivity contribution in [3.05, 3.63) is 29.8 Å². The van der Waals surface area contributed by atoms with Crippen molar-refractivity contribution in [2.75, 3.05) is 20.8 Å². The van der Waals surface area contributed by atoms with Crippen LogP contribution in [0.1, 0.15) is 19.4 Å². The Morgan fingerprint density at radius 1 is 1.33 bits per heavy atom. The molecule has 0 radical (unpaired) electrons. The van der Waals surface area contributed by atoms with Gasteiger partial charge < -0.3 is 14.8 Å². The predicted molar refractivity (Wildman–Crippen MR) is 70.5 cm³/mol. The van der Waals surface area contributed by atoms with Crippen LogP contribution in [-0.2, 0) is 16.1 Å². The van der Waals surface area contributed by atoms with Crippen LogP contribution >= 0.6 is 0 Å². The molecule has 18 heavy (non-hydrogen) atoms. The number of benzene rings is 1. The molecule has 0 amide bonds. The molecule has 1 rings (SSSR count). The Bertz CT molecular complexity index is 402. The summed E-state index contributed by atoms with van der Waals surface area (Å²) in [5.41, 5.74) is 0.419. The van der Waals surface area contributed by atoms with Crippen molar-refractivity contribution in [2.45, 2.75) is 20.4 Å². The number of carbonyl (C=O) groups excluding carboxylic acids is 1. The molecule has 0 aromatic heterocycles. The highest BCUT2D eigenvalue weighted by Crippen LogP contribution is 2.23. The van der Waals surface area contributed by atoms with E-state index in [0.717, 1.165) is 17.9 Å². The van der Waals surface area contributed by atoms with Gasteiger partial charge in [0.05, 0.1) is 12.5 Å². The smallest absolute Gasteiger partial charge is 0.314 e. The summed E-state index contributed by atoms with van der Waals surface area (Å²) in [6.45, 7) is 4.63. The van der Waals surface area contributed by atoms with Crippen LogP contribution in [0.15, 0.2) is 24.3 Å². The Hall–Kier alpha value is -1.55. The van der Waals surface area contributed by atoms with Gasteiger partial charge in [-0.1, -0.05) is 18.2 Å². The maximum Gasteiger partial charge on any atom is 0.314 e. The molecule has 0 spiro atoms. The molecular formula is C14H21NO3. The molecule has 0 aliphatic rings. The van der Waals surface area contributed by atoms with E-state index in [4.69, 9.17) is 9.47 Å². The third-order valence-electron chi connectivity index (χ3n) is 2.67. The summed E-state index contributed by atoms with van der Waals surface area (Å²) in [6.07, 6.45) is 0. The van der Waals surface area contributed by atoms with Crippen LogP contribution in [0.2, 0.25) is 0 Å². The summed E-state index contributed by atoms with van der Waals surface area (Å²) < 4.78 is 10.5. The summed E-state index contributed by atoms with van der Waals surface area (Å²) in [7, 11) is 3.27. The lowest BCUT2D eigenvalue weighted by Crippen LogP contribution is -2.32. The number of methoxy groups -OCH3 is 1. The minimum Gasteiger partial charge on any atom is -0.492 e. The van der Waals surface area contributed by atoms with E-state index >= 15 is 0 Å². The van der Waals surface area contributed by atoms with Gasteiger partial charge in [-0.25, -0.2) is 0 Å². The third kappa shape index (κ3) is 3.74. The van der Waals surface area contributed by atoms with Gasteiger partial charge in [0.25, 0.3) is 0 Å². The Balaban J connectivity index is 2.71. The number of ether oxygens (including phenoxy) is 2. The minimum absolute atomic E-state index is 0.270. The molecule has 1 aromatic carbocycles. The monoisotopic (exact) mass is 251 g/mol. The highest BCUT2D eigenvalue weighted by atomic mass is 16.5. The van der Waals surface area contributed by atoms with E-state index in [2.05, 4.69) is 5.32 Å². The van der Waals surface area contributed by atoms with Crippen LogP contribution in [0.3, 0.4) is 0 Å². The molecule has 4 heteroatoms. The van der Waals surface area contributed by atoms with Gasteiger partial charge in [-0.05, 0) is 27.0 Å². The number of para-hydroxylation sites is 1. The molecule has 4 nitrogen and oxygen atoms in total. The van der Waals surface area contributed by atoms with E-state index in [-0.39, 0.29) is 5.97 Å². The normalized spacial score (nSPS) is 11.1. The molecule has 0 fully saturated rings. The first-order valence-electron chi connectivity index (χ1n) is 5.95. The maximum atomic E-state index is 11.6. The van der Waals surface area contributed by atoms with Crippen molar-refractivity contribution in [3.8, 4) is 5.75 Å². The van der Waals surface area contributed by atoms with Gasteiger partial charge >= 0.3 is 5.97 Å². The summed E-state index contributed by atoms with van der Waals surface area (Å²) in [5, 5.41) is 3.08. The minimum atomic E-state index is -0.651. The molecule has 0 unspecified atom stereocenters. The van der Waals surface area contributed by atoms with Crippen molar-refractivity contribution in [1.82, 2.24) is 5.32 Å². The number of esters is 1. The molecule has 1 aromatic rings. The van der Waals surface area contributed by atoms with Gasteiger partial charge in [0.1, 0.15) is 12.4 Å². The van der Waals surface area contributed by atoms with Crippen LogP contribution in [0.4, 0.5) is 0 Å². The van der Waals surface area contributed by atoms with Crippen molar-refractivity contribution >= 4 is 5.97 Å². The van der Waals surface area contributed by atoms with E-state index in [9.17, 15) is 4.79 Å². The molecule has 0 heterocycles. The molecule has 0 aliphatic heterocycles. The molecule has 0 bridgehead atoms. The van der Waals surface area contributed by atoms with Gasteiger partial charge in [0, 0.05) is 12.1 Å².